The molecule has 128 valence electrons. The summed E-state index contributed by atoms with van der Waals surface area (Å²) in [6.45, 7) is 7.44. The van der Waals surface area contributed by atoms with Gasteiger partial charge in [-0.2, -0.15) is 5.10 Å². The Morgan fingerprint density at radius 2 is 2.38 bits per heavy atom. The monoisotopic (exact) mass is 345 g/mol. The summed E-state index contributed by atoms with van der Waals surface area (Å²) < 4.78 is 7.56. The SMILES string of the molecule is CCOC[C@@H]1CN(C(=O)/C=C/c2cccs2)Cc2cn(CC)nc21. The van der Waals surface area contributed by atoms with Gasteiger partial charge in [-0.25, -0.2) is 0 Å². The highest BCUT2D eigenvalue weighted by atomic mass is 32.1. The van der Waals surface area contributed by atoms with Crippen LogP contribution >= 0.6 is 11.3 Å². The van der Waals surface area contributed by atoms with Crippen molar-refractivity contribution >= 4 is 23.3 Å². The van der Waals surface area contributed by atoms with Crippen LogP contribution in [0, 0.1) is 0 Å². The summed E-state index contributed by atoms with van der Waals surface area (Å²) >= 11 is 1.63. The molecule has 0 N–H and O–H groups in total. The Kier molecular flexibility index (Phi) is 5.48. The van der Waals surface area contributed by atoms with Crippen LogP contribution in [0.3, 0.4) is 0 Å². The van der Waals surface area contributed by atoms with Crippen LogP contribution in [0.4, 0.5) is 0 Å². The van der Waals surface area contributed by atoms with Crippen LogP contribution in [0.5, 0.6) is 0 Å². The Balaban J connectivity index is 1.76. The third kappa shape index (κ3) is 3.76. The van der Waals surface area contributed by atoms with Crippen molar-refractivity contribution in [2.24, 2.45) is 0 Å². The van der Waals surface area contributed by atoms with Crippen LogP contribution in [0.2, 0.25) is 0 Å². The molecule has 1 atom stereocenters. The van der Waals surface area contributed by atoms with Crippen LogP contribution in [0.15, 0.2) is 29.8 Å². The van der Waals surface area contributed by atoms with E-state index in [1.165, 1.54) is 0 Å². The quantitative estimate of drug-likeness (QED) is 0.756. The summed E-state index contributed by atoms with van der Waals surface area (Å²) in [7, 11) is 0. The van der Waals surface area contributed by atoms with E-state index in [9.17, 15) is 4.79 Å². The van der Waals surface area contributed by atoms with E-state index in [4.69, 9.17) is 4.74 Å². The summed E-state index contributed by atoms with van der Waals surface area (Å²) in [6, 6.07) is 3.99. The number of ether oxygens (including phenoxy) is 1. The summed E-state index contributed by atoms with van der Waals surface area (Å²) in [5.41, 5.74) is 2.21. The fourth-order valence-corrected chi connectivity index (χ4v) is 3.55. The fraction of sp³-hybridized carbons (Fsp3) is 0.444. The average molecular weight is 345 g/mol. The number of fused-ring (bicyclic) bond motifs is 1. The molecule has 0 fully saturated rings. The van der Waals surface area contributed by atoms with Gasteiger partial charge in [-0.15, -0.1) is 11.3 Å². The first-order valence-electron chi connectivity index (χ1n) is 8.35. The molecule has 0 aliphatic carbocycles. The second-order valence-electron chi connectivity index (χ2n) is 5.82. The second kappa shape index (κ2) is 7.77. The zero-order chi connectivity index (χ0) is 16.9. The molecule has 1 aliphatic heterocycles. The van der Waals surface area contributed by atoms with Gasteiger partial charge in [-0.1, -0.05) is 6.07 Å². The first-order chi connectivity index (χ1) is 11.7. The molecule has 0 spiro atoms. The van der Waals surface area contributed by atoms with E-state index in [1.54, 1.807) is 17.4 Å². The summed E-state index contributed by atoms with van der Waals surface area (Å²) in [5, 5.41) is 6.67. The van der Waals surface area contributed by atoms with Gasteiger partial charge in [-0.3, -0.25) is 9.48 Å². The topological polar surface area (TPSA) is 47.4 Å². The lowest BCUT2D eigenvalue weighted by Gasteiger charge is -2.31. The minimum atomic E-state index is 0.0415. The van der Waals surface area contributed by atoms with E-state index in [-0.39, 0.29) is 11.8 Å². The van der Waals surface area contributed by atoms with Crippen LogP contribution < -0.4 is 0 Å². The van der Waals surface area contributed by atoms with Crippen molar-refractivity contribution in [1.29, 1.82) is 0 Å². The van der Waals surface area contributed by atoms with Crippen LogP contribution in [-0.2, 0) is 22.6 Å². The van der Waals surface area contributed by atoms with E-state index in [2.05, 4.69) is 18.2 Å². The smallest absolute Gasteiger partial charge is 0.246 e. The maximum absolute atomic E-state index is 12.6. The number of aromatic nitrogens is 2. The second-order valence-corrected chi connectivity index (χ2v) is 6.80. The zero-order valence-corrected chi connectivity index (χ0v) is 15.0. The third-order valence-electron chi connectivity index (χ3n) is 4.15. The standard InChI is InChI=1S/C18H23N3O2S/c1-3-21-12-14-10-20(11-15(13-23-4-2)18(14)19-21)17(22)8-7-16-6-5-9-24-16/h5-9,12,15H,3-4,10-11,13H2,1-2H3/b8-7+/t15-/m0/s1. The summed E-state index contributed by atoms with van der Waals surface area (Å²) in [6.07, 6.45) is 5.60. The van der Waals surface area contributed by atoms with E-state index in [0.717, 1.165) is 22.7 Å². The van der Waals surface area contributed by atoms with Crippen LogP contribution in [-0.4, -0.2) is 40.3 Å². The molecule has 0 unspecified atom stereocenters. The lowest BCUT2D eigenvalue weighted by Crippen LogP contribution is -2.38. The van der Waals surface area contributed by atoms with Gasteiger partial charge < -0.3 is 9.64 Å². The number of hydrogen-bond acceptors (Lipinski definition) is 4. The molecule has 0 aromatic carbocycles. The average Bonchev–Trinajstić information content (AvgIpc) is 3.26. The van der Waals surface area contributed by atoms with Crippen molar-refractivity contribution in [3.63, 3.8) is 0 Å². The van der Waals surface area contributed by atoms with E-state index >= 15 is 0 Å². The predicted octanol–water partition coefficient (Wildman–Crippen LogP) is 3.14. The molecule has 5 nitrogen and oxygen atoms in total. The van der Waals surface area contributed by atoms with Crippen molar-refractivity contribution in [2.45, 2.75) is 32.9 Å². The number of rotatable bonds is 6. The number of hydrogen-bond donors (Lipinski definition) is 0. The lowest BCUT2D eigenvalue weighted by atomic mass is 9.97. The highest BCUT2D eigenvalue weighted by molar-refractivity contribution is 7.10. The van der Waals surface area contributed by atoms with Crippen molar-refractivity contribution < 1.29 is 9.53 Å². The molecular weight excluding hydrogens is 322 g/mol. The number of amides is 1. The molecule has 2 aromatic rings. The van der Waals surface area contributed by atoms with Crippen LogP contribution in [0.25, 0.3) is 6.08 Å². The summed E-state index contributed by atoms with van der Waals surface area (Å²) in [5.74, 6) is 0.181. The molecule has 3 rings (SSSR count). The van der Waals surface area contributed by atoms with Gasteiger partial charge in [0.2, 0.25) is 5.91 Å². The molecule has 2 aromatic heterocycles. The number of nitrogens with zero attached hydrogens (tertiary/aromatic N) is 3. The van der Waals surface area contributed by atoms with Gasteiger partial charge in [-0.05, 0) is 31.4 Å². The zero-order valence-electron chi connectivity index (χ0n) is 14.1. The highest BCUT2D eigenvalue weighted by Gasteiger charge is 2.30. The van der Waals surface area contributed by atoms with Crippen LogP contribution in [0.1, 0.15) is 35.9 Å². The Labute approximate surface area is 146 Å². The van der Waals surface area contributed by atoms with E-state index < -0.39 is 0 Å². The molecule has 0 radical (unpaired) electrons. The first-order valence-corrected chi connectivity index (χ1v) is 9.23. The minimum absolute atomic E-state index is 0.0415. The third-order valence-corrected chi connectivity index (χ3v) is 4.99. The van der Waals surface area contributed by atoms with Gasteiger partial charge in [0.05, 0.1) is 12.3 Å². The van der Waals surface area contributed by atoms with Gasteiger partial charge in [0.15, 0.2) is 0 Å². The van der Waals surface area contributed by atoms with E-state index in [0.29, 0.717) is 26.3 Å². The molecule has 1 aliphatic rings. The van der Waals surface area contributed by atoms with Gasteiger partial charge in [0.1, 0.15) is 0 Å². The molecular formula is C18H23N3O2S. The predicted molar refractivity (Wildman–Crippen MR) is 95.9 cm³/mol. The lowest BCUT2D eigenvalue weighted by molar-refractivity contribution is -0.127. The molecule has 0 bridgehead atoms. The maximum Gasteiger partial charge on any atom is 0.246 e. The van der Waals surface area contributed by atoms with Crippen molar-refractivity contribution in [2.75, 3.05) is 19.8 Å². The normalized spacial score (nSPS) is 17.4. The van der Waals surface area contributed by atoms with E-state index in [1.807, 2.05) is 40.1 Å². The molecule has 6 heteroatoms. The largest absolute Gasteiger partial charge is 0.381 e. The Hall–Kier alpha value is -1.92. The number of carbonyl (C=O) groups excluding carboxylic acids is 1. The minimum Gasteiger partial charge on any atom is -0.381 e. The Morgan fingerprint density at radius 3 is 3.08 bits per heavy atom. The van der Waals surface area contributed by atoms with Gasteiger partial charge in [0, 0.05) is 54.9 Å². The van der Waals surface area contributed by atoms with Gasteiger partial charge >= 0.3 is 0 Å². The fourth-order valence-electron chi connectivity index (χ4n) is 2.93. The molecule has 1 amide bonds. The van der Waals surface area contributed by atoms with Crippen molar-refractivity contribution in [3.8, 4) is 0 Å². The Bertz CT molecular complexity index is 706. The molecule has 0 saturated heterocycles. The molecule has 3 heterocycles. The highest BCUT2D eigenvalue weighted by Crippen LogP contribution is 2.28. The van der Waals surface area contributed by atoms with Gasteiger partial charge in [0.25, 0.3) is 0 Å². The first kappa shape index (κ1) is 16.9. The number of aryl methyl sites for hydroxylation is 1. The maximum atomic E-state index is 12.6. The van der Waals surface area contributed by atoms with Crippen molar-refractivity contribution in [1.82, 2.24) is 14.7 Å². The Morgan fingerprint density at radius 1 is 1.50 bits per heavy atom. The molecule has 0 saturated carbocycles. The number of carbonyl (C=O) groups is 1. The van der Waals surface area contributed by atoms with Crippen molar-refractivity contribution in [3.05, 3.63) is 45.9 Å². The number of thiophene rings is 1. The molecule has 24 heavy (non-hydrogen) atoms. The summed E-state index contributed by atoms with van der Waals surface area (Å²) in [4.78, 5) is 15.5.